The van der Waals surface area contributed by atoms with Gasteiger partial charge >= 0.3 is 0 Å². The van der Waals surface area contributed by atoms with E-state index in [0.29, 0.717) is 10.3 Å². The van der Waals surface area contributed by atoms with Gasteiger partial charge in [0.15, 0.2) is 10.3 Å². The van der Waals surface area contributed by atoms with Gasteiger partial charge in [-0.25, -0.2) is 18.7 Å². The molecule has 0 saturated carbocycles. The van der Waals surface area contributed by atoms with Crippen molar-refractivity contribution in [2.24, 2.45) is 14.1 Å². The van der Waals surface area contributed by atoms with Crippen molar-refractivity contribution in [3.63, 3.8) is 0 Å². The number of rotatable bonds is 6. The molecule has 0 amide bonds. The number of pyridine rings is 2. The van der Waals surface area contributed by atoms with E-state index in [1.54, 1.807) is 49.1 Å². The molecule has 0 aliphatic rings. The number of benzene rings is 2. The first-order valence-electron chi connectivity index (χ1n) is 12.1. The second kappa shape index (κ2) is 10.3. The summed E-state index contributed by atoms with van der Waals surface area (Å²) < 4.78 is 31.4. The van der Waals surface area contributed by atoms with Gasteiger partial charge in [-0.3, -0.25) is 9.97 Å². The highest BCUT2D eigenvalue weighted by atomic mass is 32.2. The molecule has 0 unspecified atom stereocenters. The molecule has 2 aromatic carbocycles. The Labute approximate surface area is 228 Å². The van der Waals surface area contributed by atoms with Crippen LogP contribution in [-0.2, 0) is 14.1 Å². The number of nitrogens with zero attached hydrogens (tertiary/aromatic N) is 6. The third-order valence-corrected chi connectivity index (χ3v) is 7.53. The van der Waals surface area contributed by atoms with Crippen molar-refractivity contribution in [1.29, 1.82) is 0 Å². The molecule has 6 nitrogen and oxygen atoms in total. The van der Waals surface area contributed by atoms with E-state index in [1.807, 2.05) is 47.5 Å². The van der Waals surface area contributed by atoms with E-state index in [0.717, 1.165) is 45.0 Å². The van der Waals surface area contributed by atoms with E-state index in [-0.39, 0.29) is 11.6 Å². The van der Waals surface area contributed by atoms with E-state index in [1.165, 1.54) is 36.0 Å². The highest BCUT2D eigenvalue weighted by Gasteiger charge is 2.23. The van der Waals surface area contributed by atoms with Gasteiger partial charge in [0.25, 0.3) is 0 Å². The van der Waals surface area contributed by atoms with Crippen LogP contribution in [0.2, 0.25) is 0 Å². The zero-order chi connectivity index (χ0) is 26.9. The topological polar surface area (TPSA) is 61.4 Å². The lowest BCUT2D eigenvalue weighted by molar-refractivity contribution is 0.627. The fourth-order valence-corrected chi connectivity index (χ4v) is 5.41. The molecule has 0 bridgehead atoms. The lowest BCUT2D eigenvalue weighted by atomic mass is 10.1. The van der Waals surface area contributed by atoms with Crippen LogP contribution in [0.5, 0.6) is 0 Å². The van der Waals surface area contributed by atoms with E-state index < -0.39 is 0 Å². The molecular formula is C30H22F2N6S. The molecule has 0 N–H and O–H groups in total. The molecule has 0 atom stereocenters. The van der Waals surface area contributed by atoms with Crippen LogP contribution in [0.3, 0.4) is 0 Å². The Morgan fingerprint density at radius 2 is 0.872 bits per heavy atom. The minimum absolute atomic E-state index is 0.306. The summed E-state index contributed by atoms with van der Waals surface area (Å²) >= 11 is 1.42. The van der Waals surface area contributed by atoms with E-state index in [2.05, 4.69) is 9.97 Å². The van der Waals surface area contributed by atoms with E-state index >= 15 is 0 Å². The molecule has 4 aromatic heterocycles. The summed E-state index contributed by atoms with van der Waals surface area (Å²) in [6.07, 6.45) is 6.94. The van der Waals surface area contributed by atoms with Gasteiger partial charge < -0.3 is 9.13 Å². The average molecular weight is 537 g/mol. The van der Waals surface area contributed by atoms with Crippen LogP contribution >= 0.6 is 11.8 Å². The first-order valence-corrected chi connectivity index (χ1v) is 12.9. The van der Waals surface area contributed by atoms with Gasteiger partial charge in [-0.2, -0.15) is 0 Å². The Kier molecular flexibility index (Phi) is 6.50. The molecule has 4 heterocycles. The number of imidazole rings is 2. The molecule has 6 rings (SSSR count). The molecule has 0 spiro atoms. The normalized spacial score (nSPS) is 11.2. The average Bonchev–Trinajstić information content (AvgIpc) is 3.46. The quantitative estimate of drug-likeness (QED) is 0.228. The van der Waals surface area contributed by atoms with Crippen LogP contribution in [0.25, 0.3) is 45.0 Å². The lowest BCUT2D eigenvalue weighted by Crippen LogP contribution is -1.98. The number of hydrogen-bond donors (Lipinski definition) is 0. The predicted octanol–water partition coefficient (Wildman–Crippen LogP) is 7.04. The highest BCUT2D eigenvalue weighted by molar-refractivity contribution is 7.99. The van der Waals surface area contributed by atoms with Crippen molar-refractivity contribution >= 4 is 11.8 Å². The van der Waals surface area contributed by atoms with Crippen LogP contribution in [0, 0.1) is 11.6 Å². The molecule has 0 radical (unpaired) electrons. The van der Waals surface area contributed by atoms with E-state index in [4.69, 9.17) is 9.97 Å². The molecular weight excluding hydrogens is 514 g/mol. The van der Waals surface area contributed by atoms with Gasteiger partial charge in [-0.15, -0.1) is 0 Å². The smallest absolute Gasteiger partial charge is 0.176 e. The predicted molar refractivity (Wildman–Crippen MR) is 148 cm³/mol. The van der Waals surface area contributed by atoms with Crippen molar-refractivity contribution in [1.82, 2.24) is 29.1 Å². The maximum absolute atomic E-state index is 13.7. The van der Waals surface area contributed by atoms with Gasteiger partial charge in [0, 0.05) is 61.1 Å². The monoisotopic (exact) mass is 536 g/mol. The second-order valence-electron chi connectivity index (χ2n) is 8.89. The van der Waals surface area contributed by atoms with Crippen molar-refractivity contribution in [2.75, 3.05) is 0 Å². The summed E-state index contributed by atoms with van der Waals surface area (Å²) in [6.45, 7) is 0. The van der Waals surface area contributed by atoms with Gasteiger partial charge in [0.2, 0.25) is 0 Å². The van der Waals surface area contributed by atoms with Crippen LogP contribution in [0.4, 0.5) is 8.78 Å². The second-order valence-corrected chi connectivity index (χ2v) is 9.82. The fraction of sp³-hybridized carbons (Fsp3) is 0.0667. The number of halogens is 2. The summed E-state index contributed by atoms with van der Waals surface area (Å²) in [5, 5.41) is 1.42. The minimum atomic E-state index is -0.306. The molecule has 0 fully saturated rings. The molecule has 0 aliphatic heterocycles. The summed E-state index contributed by atoms with van der Waals surface area (Å²) in [5.41, 5.74) is 6.71. The van der Waals surface area contributed by atoms with Crippen LogP contribution in [0.1, 0.15) is 0 Å². The molecule has 9 heteroatoms. The Bertz CT molecular complexity index is 1620. The van der Waals surface area contributed by atoms with Crippen LogP contribution in [0.15, 0.2) is 108 Å². The van der Waals surface area contributed by atoms with Crippen molar-refractivity contribution in [3.05, 3.63) is 109 Å². The van der Waals surface area contributed by atoms with Gasteiger partial charge in [-0.1, -0.05) is 0 Å². The summed E-state index contributed by atoms with van der Waals surface area (Å²) in [6, 6.07) is 20.3. The zero-order valence-electron chi connectivity index (χ0n) is 21.1. The Balaban J connectivity index is 1.50. The SMILES string of the molecule is Cn1c(Sc2nc(-c3ccc(F)cc3)c(-c3ccncc3)n2C)nc(-c2ccc(F)cc2)c1-c1ccncc1. The van der Waals surface area contributed by atoms with Crippen molar-refractivity contribution in [2.45, 2.75) is 10.3 Å². The number of aromatic nitrogens is 6. The van der Waals surface area contributed by atoms with Gasteiger partial charge in [-0.05, 0) is 84.6 Å². The molecule has 6 aromatic rings. The van der Waals surface area contributed by atoms with Gasteiger partial charge in [0.05, 0.1) is 22.8 Å². The molecule has 192 valence electrons. The fourth-order valence-electron chi connectivity index (χ4n) is 4.52. The van der Waals surface area contributed by atoms with Crippen LogP contribution in [-0.4, -0.2) is 29.1 Å². The Morgan fingerprint density at radius 3 is 1.23 bits per heavy atom. The zero-order valence-corrected chi connectivity index (χ0v) is 21.9. The standard InChI is InChI=1S/C30H22F2N6S/c1-37-27(21-11-15-33-16-12-21)25(19-3-7-23(31)8-4-19)35-29(37)39-30-36-26(20-5-9-24(32)10-6-20)28(38(30)2)22-13-17-34-18-14-22/h3-18H,1-2H3. The molecule has 0 aliphatic carbocycles. The summed E-state index contributed by atoms with van der Waals surface area (Å²) in [5.74, 6) is -0.612. The van der Waals surface area contributed by atoms with Gasteiger partial charge in [0.1, 0.15) is 11.6 Å². The minimum Gasteiger partial charge on any atom is -0.321 e. The maximum atomic E-state index is 13.7. The number of hydrogen-bond acceptors (Lipinski definition) is 5. The summed E-state index contributed by atoms with van der Waals surface area (Å²) in [7, 11) is 3.90. The Morgan fingerprint density at radius 1 is 0.513 bits per heavy atom. The summed E-state index contributed by atoms with van der Waals surface area (Å²) in [4.78, 5) is 18.3. The third-order valence-electron chi connectivity index (χ3n) is 6.43. The molecule has 0 saturated heterocycles. The Hall–Kier alpha value is -4.63. The maximum Gasteiger partial charge on any atom is 0.176 e. The lowest BCUT2D eigenvalue weighted by Gasteiger charge is -2.08. The van der Waals surface area contributed by atoms with E-state index in [9.17, 15) is 8.78 Å². The van der Waals surface area contributed by atoms with Crippen molar-refractivity contribution < 1.29 is 8.78 Å². The molecule has 39 heavy (non-hydrogen) atoms. The third kappa shape index (κ3) is 4.72. The van der Waals surface area contributed by atoms with Crippen LogP contribution < -0.4 is 0 Å². The largest absolute Gasteiger partial charge is 0.321 e. The first kappa shape index (κ1) is 24.7. The van der Waals surface area contributed by atoms with Crippen molar-refractivity contribution in [3.8, 4) is 45.0 Å². The first-order chi connectivity index (χ1) is 19.0. The highest BCUT2D eigenvalue weighted by Crippen LogP contribution is 2.40.